The van der Waals surface area contributed by atoms with Crippen LogP contribution in [0, 0.1) is 11.8 Å². The number of allylic oxidation sites excluding steroid dienone is 8. The normalized spacial score (nSPS) is 29.8. The highest BCUT2D eigenvalue weighted by Gasteiger charge is 2.48. The van der Waals surface area contributed by atoms with Gasteiger partial charge in [-0.25, -0.2) is 0 Å². The zero-order chi connectivity index (χ0) is 12.9. The van der Waals surface area contributed by atoms with E-state index in [4.69, 9.17) is 0 Å². The third-order valence-electron chi connectivity index (χ3n) is 3.36. The SMILES string of the molecule is O=C1C2=CC=CC(=O)C2C(=O)C2C(=O)C=CC=C12. The number of ketones is 4. The Morgan fingerprint density at radius 3 is 1.61 bits per heavy atom. The lowest BCUT2D eigenvalue weighted by molar-refractivity contribution is -0.138. The van der Waals surface area contributed by atoms with Gasteiger partial charge in [0.2, 0.25) is 0 Å². The fraction of sp³-hybridized carbons (Fsp3) is 0.143. The summed E-state index contributed by atoms with van der Waals surface area (Å²) in [6, 6.07) is 0. The van der Waals surface area contributed by atoms with Crippen molar-refractivity contribution in [3.05, 3.63) is 47.6 Å². The second kappa shape index (κ2) is 3.57. The third-order valence-corrected chi connectivity index (χ3v) is 3.36. The van der Waals surface area contributed by atoms with Gasteiger partial charge in [0, 0.05) is 11.1 Å². The van der Waals surface area contributed by atoms with Crippen LogP contribution >= 0.6 is 0 Å². The van der Waals surface area contributed by atoms with Gasteiger partial charge in [0.1, 0.15) is 11.8 Å². The Hall–Kier alpha value is -2.36. The lowest BCUT2D eigenvalue weighted by Crippen LogP contribution is -2.45. The Bertz CT molecular complexity index is 576. The van der Waals surface area contributed by atoms with E-state index < -0.39 is 29.2 Å². The molecule has 4 heteroatoms. The first-order chi connectivity index (χ1) is 8.61. The molecule has 2 unspecified atom stereocenters. The number of carbonyl (C=O) groups excluding carboxylic acids is 4. The molecule has 3 rings (SSSR count). The molecule has 4 nitrogen and oxygen atoms in total. The van der Waals surface area contributed by atoms with Crippen LogP contribution in [0.5, 0.6) is 0 Å². The van der Waals surface area contributed by atoms with Crippen molar-refractivity contribution in [1.29, 1.82) is 0 Å². The highest BCUT2D eigenvalue weighted by molar-refractivity contribution is 6.33. The topological polar surface area (TPSA) is 68.3 Å². The Kier molecular flexibility index (Phi) is 2.13. The minimum absolute atomic E-state index is 0.179. The molecule has 0 N–H and O–H groups in total. The lowest BCUT2D eigenvalue weighted by atomic mass is 9.67. The summed E-state index contributed by atoms with van der Waals surface area (Å²) in [6.07, 6.45) is 8.40. The van der Waals surface area contributed by atoms with Gasteiger partial charge < -0.3 is 0 Å². The molecule has 3 aliphatic rings. The summed E-state index contributed by atoms with van der Waals surface area (Å²) in [5, 5.41) is 0. The first kappa shape index (κ1) is 10.8. The minimum Gasteiger partial charge on any atom is -0.297 e. The number of Topliss-reactive ketones (excluding diaryl/α,β-unsaturated/α-hetero) is 2. The lowest BCUT2D eigenvalue weighted by Gasteiger charge is -2.30. The van der Waals surface area contributed by atoms with E-state index in [0.29, 0.717) is 0 Å². The van der Waals surface area contributed by atoms with Gasteiger partial charge in [-0.15, -0.1) is 0 Å². The molecule has 0 aliphatic heterocycles. The highest BCUT2D eigenvalue weighted by atomic mass is 16.2. The minimum atomic E-state index is -1.10. The number of fused-ring (bicyclic) bond motifs is 2. The quantitative estimate of drug-likeness (QED) is 0.578. The van der Waals surface area contributed by atoms with Crippen LogP contribution in [0.2, 0.25) is 0 Å². The molecule has 0 aromatic rings. The number of carbonyl (C=O) groups is 4. The monoisotopic (exact) mass is 240 g/mol. The molecule has 0 spiro atoms. The van der Waals surface area contributed by atoms with E-state index in [2.05, 4.69) is 0 Å². The number of hydrogen-bond donors (Lipinski definition) is 0. The van der Waals surface area contributed by atoms with Gasteiger partial charge in [-0.2, -0.15) is 0 Å². The van der Waals surface area contributed by atoms with Crippen molar-refractivity contribution in [1.82, 2.24) is 0 Å². The first-order valence-electron chi connectivity index (χ1n) is 5.54. The average Bonchev–Trinajstić information content (AvgIpc) is 2.35. The molecular formula is C14H8O4. The first-order valence-corrected chi connectivity index (χ1v) is 5.54. The largest absolute Gasteiger partial charge is 0.297 e. The molecule has 2 atom stereocenters. The van der Waals surface area contributed by atoms with Crippen molar-refractivity contribution >= 4 is 23.1 Å². The summed E-state index contributed by atoms with van der Waals surface area (Å²) in [5.74, 6) is -3.91. The molecular weight excluding hydrogens is 232 g/mol. The Balaban J connectivity index is 2.19. The summed E-state index contributed by atoms with van der Waals surface area (Å²) in [4.78, 5) is 47.8. The second-order valence-corrected chi connectivity index (χ2v) is 4.36. The van der Waals surface area contributed by atoms with Crippen molar-refractivity contribution in [2.45, 2.75) is 0 Å². The molecule has 0 aromatic heterocycles. The van der Waals surface area contributed by atoms with Gasteiger partial charge in [-0.05, 0) is 12.2 Å². The van der Waals surface area contributed by atoms with Crippen molar-refractivity contribution < 1.29 is 19.2 Å². The van der Waals surface area contributed by atoms with E-state index >= 15 is 0 Å². The maximum atomic E-state index is 12.2. The maximum absolute atomic E-state index is 12.2. The molecule has 0 bridgehead atoms. The van der Waals surface area contributed by atoms with Gasteiger partial charge in [-0.3, -0.25) is 19.2 Å². The van der Waals surface area contributed by atoms with Gasteiger partial charge in [0.25, 0.3) is 0 Å². The predicted molar refractivity (Wildman–Crippen MR) is 61.5 cm³/mol. The fourth-order valence-corrected chi connectivity index (χ4v) is 2.52. The van der Waals surface area contributed by atoms with Gasteiger partial charge >= 0.3 is 0 Å². The summed E-state index contributed by atoms with van der Waals surface area (Å²) in [6.45, 7) is 0. The van der Waals surface area contributed by atoms with Crippen molar-refractivity contribution in [3.8, 4) is 0 Å². The molecule has 0 saturated heterocycles. The van der Waals surface area contributed by atoms with Crippen LogP contribution in [0.3, 0.4) is 0 Å². The van der Waals surface area contributed by atoms with E-state index in [1.807, 2.05) is 0 Å². The second-order valence-electron chi connectivity index (χ2n) is 4.36. The van der Waals surface area contributed by atoms with Gasteiger partial charge in [0.05, 0.1) is 0 Å². The van der Waals surface area contributed by atoms with Crippen LogP contribution in [-0.2, 0) is 19.2 Å². The van der Waals surface area contributed by atoms with E-state index in [1.54, 1.807) is 0 Å². The molecule has 88 valence electrons. The summed E-state index contributed by atoms with van der Waals surface area (Å²) >= 11 is 0. The number of hydrogen-bond acceptors (Lipinski definition) is 4. The molecule has 3 aliphatic carbocycles. The van der Waals surface area contributed by atoms with Crippen molar-refractivity contribution in [3.63, 3.8) is 0 Å². The van der Waals surface area contributed by atoms with E-state index in [-0.39, 0.29) is 16.9 Å². The maximum Gasteiger partial charge on any atom is 0.187 e. The molecule has 0 radical (unpaired) electrons. The smallest absolute Gasteiger partial charge is 0.187 e. The van der Waals surface area contributed by atoms with Crippen LogP contribution in [0.4, 0.5) is 0 Å². The van der Waals surface area contributed by atoms with Crippen LogP contribution in [0.25, 0.3) is 0 Å². The number of rotatable bonds is 0. The van der Waals surface area contributed by atoms with Crippen LogP contribution < -0.4 is 0 Å². The molecule has 0 aromatic carbocycles. The Labute approximate surface area is 102 Å². The van der Waals surface area contributed by atoms with Gasteiger partial charge in [-0.1, -0.05) is 24.3 Å². The standard InChI is InChI=1S/C14H8O4/c15-9-5-1-3-7-11(9)14(18)12-8(13(7)17)4-2-6-10(12)16/h1-6,11-12H. The molecule has 0 heterocycles. The fourth-order valence-electron chi connectivity index (χ4n) is 2.52. The van der Waals surface area contributed by atoms with Crippen LogP contribution in [0.15, 0.2) is 47.6 Å². The van der Waals surface area contributed by atoms with E-state index in [0.717, 1.165) is 0 Å². The van der Waals surface area contributed by atoms with E-state index in [9.17, 15) is 19.2 Å². The van der Waals surface area contributed by atoms with E-state index in [1.165, 1.54) is 36.5 Å². The summed E-state index contributed by atoms with van der Waals surface area (Å²) in [7, 11) is 0. The summed E-state index contributed by atoms with van der Waals surface area (Å²) < 4.78 is 0. The zero-order valence-electron chi connectivity index (χ0n) is 9.25. The average molecular weight is 240 g/mol. The van der Waals surface area contributed by atoms with Crippen LogP contribution in [-0.4, -0.2) is 23.1 Å². The highest BCUT2D eigenvalue weighted by Crippen LogP contribution is 2.36. The summed E-state index contributed by atoms with van der Waals surface area (Å²) in [5.41, 5.74) is 0.358. The zero-order valence-corrected chi connectivity index (χ0v) is 9.25. The molecule has 1 fully saturated rings. The van der Waals surface area contributed by atoms with Crippen LogP contribution in [0.1, 0.15) is 0 Å². The Morgan fingerprint density at radius 1 is 0.722 bits per heavy atom. The molecule has 1 saturated carbocycles. The third kappa shape index (κ3) is 1.26. The predicted octanol–water partition coefficient (Wildman–Crippen LogP) is 0.501. The molecule has 18 heavy (non-hydrogen) atoms. The van der Waals surface area contributed by atoms with Gasteiger partial charge in [0.15, 0.2) is 23.1 Å². The molecule has 0 amide bonds. The van der Waals surface area contributed by atoms with Crippen molar-refractivity contribution in [2.75, 3.05) is 0 Å². The Morgan fingerprint density at radius 2 is 1.17 bits per heavy atom. The van der Waals surface area contributed by atoms with Crippen molar-refractivity contribution in [2.24, 2.45) is 11.8 Å².